The largest absolute Gasteiger partial charge is 0.472 e. The monoisotopic (exact) mass is 1310 g/mol. The van der Waals surface area contributed by atoms with Gasteiger partial charge < -0.3 is 33.8 Å². The van der Waals surface area contributed by atoms with Crippen molar-refractivity contribution in [1.29, 1.82) is 0 Å². The van der Waals surface area contributed by atoms with Gasteiger partial charge in [0.05, 0.1) is 26.4 Å². The molecule has 0 rings (SSSR count). The molecule has 0 heterocycles. The van der Waals surface area contributed by atoms with E-state index in [0.29, 0.717) is 37.5 Å². The van der Waals surface area contributed by atoms with Gasteiger partial charge in [-0.05, 0) is 49.4 Å². The Hall–Kier alpha value is -1.94. The average Bonchev–Trinajstić information content (AvgIpc) is 3.55. The number of hydrogen-bond acceptors (Lipinski definition) is 15. The Morgan fingerprint density at radius 1 is 0.315 bits per heavy atom. The summed E-state index contributed by atoms with van der Waals surface area (Å²) in [6, 6.07) is 0. The predicted octanol–water partition coefficient (Wildman–Crippen LogP) is 19.7. The van der Waals surface area contributed by atoms with Crippen molar-refractivity contribution in [3.8, 4) is 0 Å². The molecule has 0 spiro atoms. The Bertz CT molecular complexity index is 1770. The summed E-state index contributed by atoms with van der Waals surface area (Å²) >= 11 is 0. The number of hydrogen-bond donors (Lipinski definition) is 3. The highest BCUT2D eigenvalue weighted by atomic mass is 31.2. The van der Waals surface area contributed by atoms with Crippen LogP contribution in [0.1, 0.15) is 344 Å². The lowest BCUT2D eigenvalue weighted by Gasteiger charge is -2.21. The molecular formula is C70H136O17P2. The fraction of sp³-hybridized carbons (Fsp3) is 0.943. The van der Waals surface area contributed by atoms with Crippen LogP contribution in [-0.4, -0.2) is 96.7 Å². The highest BCUT2D eigenvalue weighted by Crippen LogP contribution is 2.45. The van der Waals surface area contributed by atoms with Crippen molar-refractivity contribution in [2.75, 3.05) is 39.6 Å². The lowest BCUT2D eigenvalue weighted by Crippen LogP contribution is -2.30. The fourth-order valence-electron chi connectivity index (χ4n) is 10.4. The molecule has 0 radical (unpaired) electrons. The summed E-state index contributed by atoms with van der Waals surface area (Å²) in [6.07, 6.45) is 41.8. The Kier molecular flexibility index (Phi) is 58.5. The SMILES string of the molecule is CCC(C)CCCCCCCCCCCCCCCCC(=O)O[C@H](COC(=O)CCCCCCCCCC(C)C)COP(=O)(O)OCC(O)COP(=O)(O)OC[C@@H](COC(=O)CCCCCCCCC(C)C)OC(=O)CCCCCCCCCCC(C)CC. The highest BCUT2D eigenvalue weighted by molar-refractivity contribution is 7.47. The standard InChI is InChI=1S/C70H136O17P2/c1-9-62(7)48-40-32-23-17-15-13-11-12-14-16-18-25-36-44-52-69(74)86-65(56-80-67(72)50-42-34-27-21-22-30-38-46-60(3)4)58-84-88(76,77)82-54-64(71)55-83-89(78,79)85-59-66(57-81-68(73)51-43-35-29-28-31-39-47-61(5)6)87-70(75)53-45-37-26-20-19-24-33-41-49-63(8)10-2/h60-66,71H,9-59H2,1-8H3,(H,76,77)(H,78,79)/t62?,63?,64?,65-,66-/m1/s1. The van der Waals surface area contributed by atoms with Gasteiger partial charge in [-0.1, -0.05) is 293 Å². The number of esters is 4. The van der Waals surface area contributed by atoms with Gasteiger partial charge in [0.1, 0.15) is 19.3 Å². The molecule has 0 fully saturated rings. The zero-order valence-corrected chi connectivity index (χ0v) is 59.8. The third-order valence-corrected chi connectivity index (χ3v) is 18.7. The fourth-order valence-corrected chi connectivity index (χ4v) is 12.0. The van der Waals surface area contributed by atoms with Gasteiger partial charge in [0.2, 0.25) is 0 Å². The normalized spacial score (nSPS) is 14.9. The molecule has 5 unspecified atom stereocenters. The lowest BCUT2D eigenvalue weighted by molar-refractivity contribution is -0.161. The summed E-state index contributed by atoms with van der Waals surface area (Å²) in [5.74, 6) is 0.866. The summed E-state index contributed by atoms with van der Waals surface area (Å²) in [4.78, 5) is 72.5. The molecule has 0 bridgehead atoms. The van der Waals surface area contributed by atoms with Crippen molar-refractivity contribution >= 4 is 39.5 Å². The van der Waals surface area contributed by atoms with E-state index in [9.17, 15) is 43.2 Å². The second-order valence-electron chi connectivity index (χ2n) is 26.7. The smallest absolute Gasteiger partial charge is 0.462 e. The third kappa shape index (κ3) is 62.0. The molecule has 0 aliphatic carbocycles. The van der Waals surface area contributed by atoms with E-state index in [1.165, 1.54) is 135 Å². The molecule has 528 valence electrons. The number of carbonyl (C=O) groups excluding carboxylic acids is 4. The quantitative estimate of drug-likeness (QED) is 0.0222. The van der Waals surface area contributed by atoms with Crippen LogP contribution in [0.25, 0.3) is 0 Å². The Labute approximate surface area is 543 Å². The van der Waals surface area contributed by atoms with Crippen molar-refractivity contribution in [3.05, 3.63) is 0 Å². The lowest BCUT2D eigenvalue weighted by atomic mass is 9.99. The summed E-state index contributed by atoms with van der Waals surface area (Å²) in [7, 11) is -9.90. The maximum atomic E-state index is 13.0. The van der Waals surface area contributed by atoms with Crippen LogP contribution < -0.4 is 0 Å². The summed E-state index contributed by atoms with van der Waals surface area (Å²) in [5, 5.41) is 10.6. The number of unbranched alkanes of at least 4 members (excludes halogenated alkanes) is 31. The maximum Gasteiger partial charge on any atom is 0.472 e. The first kappa shape index (κ1) is 87.1. The first-order valence-corrected chi connectivity index (χ1v) is 39.3. The van der Waals surface area contributed by atoms with Gasteiger partial charge in [-0.25, -0.2) is 9.13 Å². The molecule has 0 aromatic rings. The molecule has 0 aromatic heterocycles. The molecule has 0 aliphatic rings. The minimum Gasteiger partial charge on any atom is -0.462 e. The number of carbonyl (C=O) groups is 4. The number of ether oxygens (including phenoxy) is 4. The van der Waals surface area contributed by atoms with Crippen LogP contribution >= 0.6 is 15.6 Å². The van der Waals surface area contributed by atoms with E-state index < -0.39 is 97.5 Å². The van der Waals surface area contributed by atoms with Crippen LogP contribution in [0.4, 0.5) is 0 Å². The van der Waals surface area contributed by atoms with Crippen LogP contribution in [0.15, 0.2) is 0 Å². The van der Waals surface area contributed by atoms with E-state index in [4.69, 9.17) is 37.0 Å². The van der Waals surface area contributed by atoms with Crippen molar-refractivity contribution in [3.63, 3.8) is 0 Å². The number of rotatable bonds is 67. The molecule has 89 heavy (non-hydrogen) atoms. The van der Waals surface area contributed by atoms with E-state index in [1.807, 2.05) is 0 Å². The zero-order chi connectivity index (χ0) is 66.1. The summed E-state index contributed by atoms with van der Waals surface area (Å²) in [5.41, 5.74) is 0. The van der Waals surface area contributed by atoms with E-state index in [-0.39, 0.29) is 25.7 Å². The van der Waals surface area contributed by atoms with Gasteiger partial charge in [-0.3, -0.25) is 37.3 Å². The van der Waals surface area contributed by atoms with Gasteiger partial charge in [-0.2, -0.15) is 0 Å². The highest BCUT2D eigenvalue weighted by Gasteiger charge is 2.30. The van der Waals surface area contributed by atoms with Crippen LogP contribution in [0.3, 0.4) is 0 Å². The van der Waals surface area contributed by atoms with Gasteiger partial charge in [0, 0.05) is 25.7 Å². The molecule has 0 aliphatic heterocycles. The van der Waals surface area contributed by atoms with Gasteiger partial charge in [0.25, 0.3) is 0 Å². The number of phosphoric acid groups is 2. The first-order chi connectivity index (χ1) is 42.7. The van der Waals surface area contributed by atoms with Gasteiger partial charge >= 0.3 is 39.5 Å². The maximum absolute atomic E-state index is 13.0. The molecule has 0 saturated heterocycles. The van der Waals surface area contributed by atoms with E-state index in [0.717, 1.165) is 115 Å². The Balaban J connectivity index is 5.22. The number of aliphatic hydroxyl groups excluding tert-OH is 1. The second kappa shape index (κ2) is 59.8. The predicted molar refractivity (Wildman–Crippen MR) is 358 cm³/mol. The summed E-state index contributed by atoms with van der Waals surface area (Å²) in [6.45, 7) is 14.1. The molecule has 19 heteroatoms. The van der Waals surface area contributed by atoms with Crippen molar-refractivity contribution in [2.24, 2.45) is 23.7 Å². The molecule has 0 aromatic carbocycles. The van der Waals surface area contributed by atoms with Crippen molar-refractivity contribution in [2.45, 2.75) is 363 Å². The molecule has 0 amide bonds. The average molecular weight is 1310 g/mol. The first-order valence-electron chi connectivity index (χ1n) is 36.3. The topological polar surface area (TPSA) is 237 Å². The van der Waals surface area contributed by atoms with Crippen LogP contribution in [-0.2, 0) is 65.4 Å². The van der Waals surface area contributed by atoms with Crippen molar-refractivity contribution in [1.82, 2.24) is 0 Å². The second-order valence-corrected chi connectivity index (χ2v) is 29.6. The minimum absolute atomic E-state index is 0.103. The number of phosphoric ester groups is 2. The van der Waals surface area contributed by atoms with Crippen LogP contribution in [0.2, 0.25) is 0 Å². The Morgan fingerprint density at radius 3 is 0.798 bits per heavy atom. The summed E-state index contributed by atoms with van der Waals surface area (Å²) < 4.78 is 68.2. The third-order valence-electron chi connectivity index (χ3n) is 16.8. The van der Waals surface area contributed by atoms with Crippen molar-refractivity contribution < 1.29 is 80.2 Å². The molecule has 7 atom stereocenters. The van der Waals surface area contributed by atoms with Crippen LogP contribution in [0.5, 0.6) is 0 Å². The molecule has 3 N–H and O–H groups in total. The van der Waals surface area contributed by atoms with E-state index in [1.54, 1.807) is 0 Å². The van der Waals surface area contributed by atoms with E-state index in [2.05, 4.69) is 55.4 Å². The van der Waals surface area contributed by atoms with E-state index >= 15 is 0 Å². The molecule has 0 saturated carbocycles. The van der Waals surface area contributed by atoms with Gasteiger partial charge in [-0.15, -0.1) is 0 Å². The number of aliphatic hydroxyl groups is 1. The minimum atomic E-state index is -4.95. The Morgan fingerprint density at radius 2 is 0.539 bits per heavy atom. The van der Waals surface area contributed by atoms with Crippen LogP contribution in [0, 0.1) is 23.7 Å². The van der Waals surface area contributed by atoms with Gasteiger partial charge in [0.15, 0.2) is 12.2 Å². The molecule has 17 nitrogen and oxygen atoms in total. The zero-order valence-electron chi connectivity index (χ0n) is 58.1. The molecular weight excluding hydrogens is 1170 g/mol.